The largest absolute Gasteiger partial charge is 0.465 e. The lowest BCUT2D eigenvalue weighted by atomic mass is 10.2. The van der Waals surface area contributed by atoms with Crippen LogP contribution in [0.5, 0.6) is 0 Å². The highest BCUT2D eigenvalue weighted by Gasteiger charge is 2.30. The van der Waals surface area contributed by atoms with E-state index in [4.69, 9.17) is 0 Å². The second-order valence-corrected chi connectivity index (χ2v) is 5.06. The van der Waals surface area contributed by atoms with Crippen molar-refractivity contribution in [1.82, 2.24) is 0 Å². The van der Waals surface area contributed by atoms with Crippen molar-refractivity contribution in [3.63, 3.8) is 0 Å². The summed E-state index contributed by atoms with van der Waals surface area (Å²) in [5.41, 5.74) is -0.828. The first-order valence-corrected chi connectivity index (χ1v) is 7.18. The Kier molecular flexibility index (Phi) is 5.61. The maximum Gasteiger partial charge on any atom is 0.416 e. The zero-order chi connectivity index (χ0) is 19.3. The SMILES string of the molecule is COC(=O)c1cccc(NC(=O)C(=O)Nc2cccc(C(F)(F)F)c2)c1. The molecule has 26 heavy (non-hydrogen) atoms. The van der Waals surface area contributed by atoms with Gasteiger partial charge in [0.05, 0.1) is 18.2 Å². The number of esters is 1. The van der Waals surface area contributed by atoms with E-state index in [1.165, 1.54) is 37.4 Å². The molecule has 6 nitrogen and oxygen atoms in total. The fourth-order valence-corrected chi connectivity index (χ4v) is 1.99. The van der Waals surface area contributed by atoms with Gasteiger partial charge in [-0.25, -0.2) is 4.79 Å². The normalized spacial score (nSPS) is 10.8. The van der Waals surface area contributed by atoms with Crippen LogP contribution in [0.25, 0.3) is 0 Å². The van der Waals surface area contributed by atoms with E-state index in [9.17, 15) is 27.6 Å². The molecule has 0 unspecified atom stereocenters. The third kappa shape index (κ3) is 4.82. The average Bonchev–Trinajstić information content (AvgIpc) is 2.60. The molecule has 0 aromatic heterocycles. The number of hydrogen-bond acceptors (Lipinski definition) is 4. The standard InChI is InChI=1S/C17H13F3N2O4/c1-26-16(25)10-4-2-6-12(8-10)21-14(23)15(24)22-13-7-3-5-11(9-13)17(18,19)20/h2-9H,1H3,(H,21,23)(H,22,24). The number of hydrogen-bond donors (Lipinski definition) is 2. The second kappa shape index (κ2) is 7.68. The molecule has 0 fully saturated rings. The predicted octanol–water partition coefficient (Wildman–Crippen LogP) is 3.07. The Labute approximate surface area is 146 Å². The summed E-state index contributed by atoms with van der Waals surface area (Å²) in [5, 5.41) is 4.33. The van der Waals surface area contributed by atoms with Gasteiger partial charge in [-0.05, 0) is 36.4 Å². The highest BCUT2D eigenvalue weighted by Crippen LogP contribution is 2.30. The van der Waals surface area contributed by atoms with E-state index in [0.717, 1.165) is 12.1 Å². The monoisotopic (exact) mass is 366 g/mol. The van der Waals surface area contributed by atoms with Gasteiger partial charge in [-0.1, -0.05) is 12.1 Å². The van der Waals surface area contributed by atoms with Crippen molar-refractivity contribution in [3.05, 3.63) is 59.7 Å². The molecule has 0 bridgehead atoms. The first kappa shape index (κ1) is 19.0. The van der Waals surface area contributed by atoms with Crippen molar-refractivity contribution in [2.75, 3.05) is 17.7 Å². The van der Waals surface area contributed by atoms with Gasteiger partial charge in [0.1, 0.15) is 0 Å². The molecule has 0 heterocycles. The first-order chi connectivity index (χ1) is 12.2. The number of benzene rings is 2. The van der Waals surface area contributed by atoms with E-state index in [0.29, 0.717) is 6.07 Å². The first-order valence-electron chi connectivity index (χ1n) is 7.18. The number of carbonyl (C=O) groups is 3. The van der Waals surface area contributed by atoms with Crippen LogP contribution in [0.3, 0.4) is 0 Å². The molecular formula is C17H13F3N2O4. The summed E-state index contributed by atoms with van der Waals surface area (Å²) in [4.78, 5) is 35.2. The van der Waals surface area contributed by atoms with Crippen LogP contribution in [0.15, 0.2) is 48.5 Å². The lowest BCUT2D eigenvalue weighted by Crippen LogP contribution is -2.29. The number of alkyl halides is 3. The van der Waals surface area contributed by atoms with Crippen LogP contribution < -0.4 is 10.6 Å². The summed E-state index contributed by atoms with van der Waals surface area (Å²) in [6.45, 7) is 0. The van der Waals surface area contributed by atoms with Crippen LogP contribution in [0.4, 0.5) is 24.5 Å². The molecule has 2 aromatic rings. The highest BCUT2D eigenvalue weighted by molar-refractivity contribution is 6.43. The van der Waals surface area contributed by atoms with E-state index in [2.05, 4.69) is 15.4 Å². The van der Waals surface area contributed by atoms with Crippen molar-refractivity contribution in [2.45, 2.75) is 6.18 Å². The molecule has 0 saturated heterocycles. The van der Waals surface area contributed by atoms with Gasteiger partial charge in [-0.2, -0.15) is 13.2 Å². The molecule has 0 aliphatic carbocycles. The fraction of sp³-hybridized carbons (Fsp3) is 0.118. The molecule has 0 spiro atoms. The van der Waals surface area contributed by atoms with Gasteiger partial charge in [0.2, 0.25) is 0 Å². The summed E-state index contributed by atoms with van der Waals surface area (Å²) in [6.07, 6.45) is -4.57. The summed E-state index contributed by atoms with van der Waals surface area (Å²) < 4.78 is 42.5. The summed E-state index contributed by atoms with van der Waals surface area (Å²) in [7, 11) is 1.19. The molecular weight excluding hydrogens is 353 g/mol. The minimum atomic E-state index is -4.57. The van der Waals surface area contributed by atoms with Crippen molar-refractivity contribution >= 4 is 29.2 Å². The number of amides is 2. The third-order valence-electron chi connectivity index (χ3n) is 3.20. The zero-order valence-corrected chi connectivity index (χ0v) is 13.4. The fourth-order valence-electron chi connectivity index (χ4n) is 1.99. The number of nitrogens with one attached hydrogen (secondary N) is 2. The van der Waals surface area contributed by atoms with Gasteiger partial charge in [0, 0.05) is 11.4 Å². The number of ether oxygens (including phenoxy) is 1. The molecule has 136 valence electrons. The molecule has 0 radical (unpaired) electrons. The Morgan fingerprint density at radius 2 is 1.42 bits per heavy atom. The van der Waals surface area contributed by atoms with Crippen LogP contribution in [0.1, 0.15) is 15.9 Å². The highest BCUT2D eigenvalue weighted by atomic mass is 19.4. The smallest absolute Gasteiger partial charge is 0.416 e. The van der Waals surface area contributed by atoms with Gasteiger partial charge < -0.3 is 15.4 Å². The van der Waals surface area contributed by atoms with Crippen LogP contribution >= 0.6 is 0 Å². The maximum absolute atomic E-state index is 12.7. The number of methoxy groups -OCH3 is 1. The van der Waals surface area contributed by atoms with Gasteiger partial charge in [-0.15, -0.1) is 0 Å². The van der Waals surface area contributed by atoms with Gasteiger partial charge in [0.15, 0.2) is 0 Å². The van der Waals surface area contributed by atoms with Crippen LogP contribution in [-0.2, 0) is 20.5 Å². The van der Waals surface area contributed by atoms with Crippen LogP contribution in [0.2, 0.25) is 0 Å². The zero-order valence-electron chi connectivity index (χ0n) is 13.4. The predicted molar refractivity (Wildman–Crippen MR) is 86.5 cm³/mol. The van der Waals surface area contributed by atoms with E-state index in [1.807, 2.05) is 0 Å². The quantitative estimate of drug-likeness (QED) is 0.646. The Bertz CT molecular complexity index is 850. The number of rotatable bonds is 3. The Hall–Kier alpha value is -3.36. The van der Waals surface area contributed by atoms with E-state index in [1.54, 1.807) is 0 Å². The Balaban J connectivity index is 2.07. The van der Waals surface area contributed by atoms with E-state index < -0.39 is 29.5 Å². The number of halogens is 3. The summed E-state index contributed by atoms with van der Waals surface area (Å²) in [6, 6.07) is 9.52. The third-order valence-corrected chi connectivity index (χ3v) is 3.20. The molecule has 2 N–H and O–H groups in total. The second-order valence-electron chi connectivity index (χ2n) is 5.06. The summed E-state index contributed by atoms with van der Waals surface area (Å²) >= 11 is 0. The van der Waals surface area contributed by atoms with Crippen molar-refractivity contribution < 1.29 is 32.3 Å². The van der Waals surface area contributed by atoms with Crippen molar-refractivity contribution in [1.29, 1.82) is 0 Å². The molecule has 9 heteroatoms. The molecule has 0 aliphatic heterocycles. The van der Waals surface area contributed by atoms with Crippen LogP contribution in [-0.4, -0.2) is 24.9 Å². The number of carbonyl (C=O) groups excluding carboxylic acids is 3. The lowest BCUT2D eigenvalue weighted by molar-refractivity contribution is -0.137. The molecule has 2 aromatic carbocycles. The van der Waals surface area contributed by atoms with Gasteiger partial charge in [-0.3, -0.25) is 9.59 Å². The van der Waals surface area contributed by atoms with E-state index >= 15 is 0 Å². The number of anilines is 2. The Morgan fingerprint density at radius 3 is 1.96 bits per heavy atom. The summed E-state index contributed by atoms with van der Waals surface area (Å²) in [5.74, 6) is -2.90. The topological polar surface area (TPSA) is 84.5 Å². The lowest BCUT2D eigenvalue weighted by Gasteiger charge is -2.10. The minimum Gasteiger partial charge on any atom is -0.465 e. The molecule has 0 aliphatic rings. The van der Waals surface area contributed by atoms with Crippen molar-refractivity contribution in [3.8, 4) is 0 Å². The molecule has 0 saturated carbocycles. The van der Waals surface area contributed by atoms with Crippen LogP contribution in [0, 0.1) is 0 Å². The van der Waals surface area contributed by atoms with E-state index in [-0.39, 0.29) is 16.9 Å². The molecule has 2 amide bonds. The van der Waals surface area contributed by atoms with Crippen molar-refractivity contribution in [2.24, 2.45) is 0 Å². The maximum atomic E-state index is 12.7. The Morgan fingerprint density at radius 1 is 0.885 bits per heavy atom. The molecule has 2 rings (SSSR count). The van der Waals surface area contributed by atoms with Gasteiger partial charge >= 0.3 is 24.0 Å². The average molecular weight is 366 g/mol. The van der Waals surface area contributed by atoms with Gasteiger partial charge in [0.25, 0.3) is 0 Å². The molecule has 0 atom stereocenters. The minimum absolute atomic E-state index is 0.150.